The predicted molar refractivity (Wildman–Crippen MR) is 84.2 cm³/mol. The molecule has 1 aromatic heterocycles. The summed E-state index contributed by atoms with van der Waals surface area (Å²) in [6.07, 6.45) is 4.73. The molecule has 0 aliphatic rings. The van der Waals surface area contributed by atoms with Gasteiger partial charge in [-0.3, -0.25) is 4.79 Å². The minimum absolute atomic E-state index is 0.0846. The van der Waals surface area contributed by atoms with E-state index in [4.69, 9.17) is 0 Å². The largest absolute Gasteiger partial charge is 0.355 e. The Kier molecular flexibility index (Phi) is 9.28. The number of amides is 1. The van der Waals surface area contributed by atoms with Crippen LogP contribution in [0.1, 0.15) is 39.5 Å². The van der Waals surface area contributed by atoms with Crippen LogP contribution in [0.4, 0.5) is 0 Å². The summed E-state index contributed by atoms with van der Waals surface area (Å²) in [5.74, 6) is 1.51. The molecular weight excluding hydrogens is 298 g/mol. The van der Waals surface area contributed by atoms with Crippen molar-refractivity contribution in [2.75, 3.05) is 18.1 Å². The molecule has 0 saturated heterocycles. The molecule has 108 valence electrons. The fourth-order valence-corrected chi connectivity index (χ4v) is 4.14. The van der Waals surface area contributed by atoms with E-state index in [0.29, 0.717) is 5.75 Å². The van der Waals surface area contributed by atoms with Gasteiger partial charge < -0.3 is 5.32 Å². The smallest absolute Gasteiger partial charge is 0.230 e. The Bertz CT molecular complexity index is 371. The van der Waals surface area contributed by atoms with Crippen LogP contribution in [0.5, 0.6) is 0 Å². The van der Waals surface area contributed by atoms with Gasteiger partial charge in [-0.05, 0) is 12.2 Å². The van der Waals surface area contributed by atoms with E-state index in [1.807, 2.05) is 0 Å². The second-order valence-corrected chi connectivity index (χ2v) is 7.68. The summed E-state index contributed by atoms with van der Waals surface area (Å²) in [5.41, 5.74) is 0. The van der Waals surface area contributed by atoms with Crippen LogP contribution in [0.2, 0.25) is 0 Å². The van der Waals surface area contributed by atoms with Gasteiger partial charge in [0.25, 0.3) is 0 Å². The lowest BCUT2D eigenvalue weighted by Gasteiger charge is -2.03. The van der Waals surface area contributed by atoms with Crippen LogP contribution >= 0.6 is 34.9 Å². The van der Waals surface area contributed by atoms with Gasteiger partial charge in [0.2, 0.25) is 5.91 Å². The highest BCUT2D eigenvalue weighted by Crippen LogP contribution is 2.28. The second-order valence-electron chi connectivity index (χ2n) is 3.97. The summed E-state index contributed by atoms with van der Waals surface area (Å²) in [5, 5.41) is 11.1. The quantitative estimate of drug-likeness (QED) is 0.529. The van der Waals surface area contributed by atoms with Crippen LogP contribution in [0.15, 0.2) is 8.68 Å². The average molecular weight is 320 g/mol. The molecule has 19 heavy (non-hydrogen) atoms. The fourth-order valence-electron chi connectivity index (χ4n) is 1.40. The molecule has 1 heterocycles. The molecule has 1 N–H and O–H groups in total. The number of nitrogens with zero attached hydrogens (tertiary/aromatic N) is 2. The molecule has 0 aromatic carbocycles. The maximum absolute atomic E-state index is 11.6. The minimum atomic E-state index is 0.0846. The molecule has 0 aliphatic carbocycles. The molecule has 4 nitrogen and oxygen atoms in total. The van der Waals surface area contributed by atoms with Gasteiger partial charge >= 0.3 is 0 Å². The topological polar surface area (TPSA) is 54.9 Å². The summed E-state index contributed by atoms with van der Waals surface area (Å²) in [4.78, 5) is 11.6. The summed E-state index contributed by atoms with van der Waals surface area (Å²) in [6.45, 7) is 5.06. The number of aromatic nitrogens is 2. The SMILES string of the molecule is CCCCCCNC(=O)CSc1nnc(SCC)s1. The van der Waals surface area contributed by atoms with E-state index >= 15 is 0 Å². The van der Waals surface area contributed by atoms with Crippen LogP contribution in [-0.4, -0.2) is 34.2 Å². The van der Waals surface area contributed by atoms with Crippen molar-refractivity contribution in [3.05, 3.63) is 0 Å². The third-order valence-corrected chi connectivity index (χ3v) is 5.41. The van der Waals surface area contributed by atoms with E-state index in [0.717, 1.165) is 27.4 Å². The average Bonchev–Trinajstić information content (AvgIpc) is 2.84. The Morgan fingerprint density at radius 2 is 1.89 bits per heavy atom. The maximum atomic E-state index is 11.6. The van der Waals surface area contributed by atoms with Crippen molar-refractivity contribution in [3.63, 3.8) is 0 Å². The lowest BCUT2D eigenvalue weighted by Crippen LogP contribution is -2.26. The highest BCUT2D eigenvalue weighted by molar-refractivity contribution is 8.03. The lowest BCUT2D eigenvalue weighted by atomic mass is 10.2. The zero-order chi connectivity index (χ0) is 13.9. The van der Waals surface area contributed by atoms with Gasteiger partial charge in [0.05, 0.1) is 5.75 Å². The van der Waals surface area contributed by atoms with Gasteiger partial charge in [-0.25, -0.2) is 0 Å². The Labute approximate surface area is 127 Å². The van der Waals surface area contributed by atoms with Gasteiger partial charge in [-0.1, -0.05) is 68.0 Å². The molecule has 0 bridgehead atoms. The lowest BCUT2D eigenvalue weighted by molar-refractivity contribution is -0.118. The van der Waals surface area contributed by atoms with E-state index < -0.39 is 0 Å². The molecule has 0 fully saturated rings. The van der Waals surface area contributed by atoms with Crippen LogP contribution in [-0.2, 0) is 4.79 Å². The molecule has 1 rings (SSSR count). The Hall–Kier alpha value is -0.270. The highest BCUT2D eigenvalue weighted by atomic mass is 32.2. The zero-order valence-corrected chi connectivity index (χ0v) is 13.9. The summed E-state index contributed by atoms with van der Waals surface area (Å²) in [6, 6.07) is 0. The Morgan fingerprint density at radius 3 is 2.58 bits per heavy atom. The maximum Gasteiger partial charge on any atom is 0.230 e. The molecular formula is C12H21N3OS3. The van der Waals surface area contributed by atoms with Crippen LogP contribution in [0.25, 0.3) is 0 Å². The third kappa shape index (κ3) is 7.79. The van der Waals surface area contributed by atoms with Crippen molar-refractivity contribution < 1.29 is 4.79 Å². The second kappa shape index (κ2) is 10.5. The van der Waals surface area contributed by atoms with E-state index in [-0.39, 0.29) is 5.91 Å². The first-order valence-electron chi connectivity index (χ1n) is 6.62. The number of thioether (sulfide) groups is 2. The third-order valence-electron chi connectivity index (χ3n) is 2.33. The molecule has 0 unspecified atom stereocenters. The van der Waals surface area contributed by atoms with Crippen LogP contribution in [0, 0.1) is 0 Å². The molecule has 0 atom stereocenters. The van der Waals surface area contributed by atoms with E-state index in [1.165, 1.54) is 31.0 Å². The number of carbonyl (C=O) groups excluding carboxylic acids is 1. The Balaban J connectivity index is 2.11. The molecule has 0 radical (unpaired) electrons. The van der Waals surface area contributed by atoms with E-state index in [2.05, 4.69) is 29.4 Å². The minimum Gasteiger partial charge on any atom is -0.355 e. The molecule has 0 saturated carbocycles. The van der Waals surface area contributed by atoms with Crippen LogP contribution in [0.3, 0.4) is 0 Å². The zero-order valence-electron chi connectivity index (χ0n) is 11.5. The van der Waals surface area contributed by atoms with E-state index in [1.54, 1.807) is 23.1 Å². The van der Waals surface area contributed by atoms with Crippen molar-refractivity contribution in [1.82, 2.24) is 15.5 Å². The van der Waals surface area contributed by atoms with Gasteiger partial charge in [0.1, 0.15) is 0 Å². The summed E-state index contributed by atoms with van der Waals surface area (Å²) >= 11 is 4.70. The molecule has 0 spiro atoms. The molecule has 1 amide bonds. The number of carbonyl (C=O) groups is 1. The van der Waals surface area contributed by atoms with Gasteiger partial charge in [-0.2, -0.15) is 0 Å². The van der Waals surface area contributed by atoms with E-state index in [9.17, 15) is 4.79 Å². The number of nitrogens with one attached hydrogen (secondary N) is 1. The first-order valence-corrected chi connectivity index (χ1v) is 9.40. The first-order chi connectivity index (χ1) is 9.26. The molecule has 7 heteroatoms. The number of hydrogen-bond donors (Lipinski definition) is 1. The van der Waals surface area contributed by atoms with Crippen molar-refractivity contribution in [2.24, 2.45) is 0 Å². The number of hydrogen-bond acceptors (Lipinski definition) is 6. The normalized spacial score (nSPS) is 10.6. The highest BCUT2D eigenvalue weighted by Gasteiger charge is 2.07. The standard InChI is InChI=1S/C12H21N3OS3/c1-3-5-6-7-8-13-10(16)9-18-12-15-14-11(19-12)17-4-2/h3-9H2,1-2H3,(H,13,16). The van der Waals surface area contributed by atoms with Crippen molar-refractivity contribution in [1.29, 1.82) is 0 Å². The monoisotopic (exact) mass is 319 g/mol. The number of rotatable bonds is 10. The Morgan fingerprint density at radius 1 is 1.16 bits per heavy atom. The summed E-state index contributed by atoms with van der Waals surface area (Å²) in [7, 11) is 0. The molecule has 1 aromatic rings. The molecule has 0 aliphatic heterocycles. The van der Waals surface area contributed by atoms with Gasteiger partial charge in [0, 0.05) is 6.54 Å². The van der Waals surface area contributed by atoms with Gasteiger partial charge in [-0.15, -0.1) is 10.2 Å². The van der Waals surface area contributed by atoms with Crippen molar-refractivity contribution >= 4 is 40.8 Å². The fraction of sp³-hybridized carbons (Fsp3) is 0.750. The van der Waals surface area contributed by atoms with Crippen molar-refractivity contribution in [3.8, 4) is 0 Å². The first kappa shape index (κ1) is 16.8. The van der Waals surface area contributed by atoms with Gasteiger partial charge in [0.15, 0.2) is 8.68 Å². The summed E-state index contributed by atoms with van der Waals surface area (Å²) < 4.78 is 1.85. The van der Waals surface area contributed by atoms with Crippen LogP contribution < -0.4 is 5.32 Å². The van der Waals surface area contributed by atoms with Crippen molar-refractivity contribution in [2.45, 2.75) is 48.2 Å². The predicted octanol–water partition coefficient (Wildman–Crippen LogP) is 3.44. The number of unbranched alkanes of at least 4 members (excludes halogenated alkanes) is 3.